The summed E-state index contributed by atoms with van der Waals surface area (Å²) in [5, 5.41) is 6.28. The van der Waals surface area contributed by atoms with Gasteiger partial charge in [0.15, 0.2) is 0 Å². The fraction of sp³-hybridized carbons (Fsp3) is 0.588. The second kappa shape index (κ2) is 7.95. The van der Waals surface area contributed by atoms with Crippen molar-refractivity contribution < 1.29 is 9.53 Å². The predicted molar refractivity (Wildman–Crippen MR) is 89.5 cm³/mol. The SMILES string of the molecule is CC(NC(=O)C1COCCN1)c1ccc2c(c1)CCCC2.Cl. The van der Waals surface area contributed by atoms with Crippen LogP contribution in [0.2, 0.25) is 0 Å². The standard InChI is InChI=1S/C17H24N2O2.ClH/c1-12(19-17(20)16-11-21-9-8-18-16)14-7-6-13-4-2-3-5-15(13)10-14;/h6-7,10,12,16,18H,2-5,8-9,11H2,1H3,(H,19,20);1H. The number of nitrogens with one attached hydrogen (secondary N) is 2. The van der Waals surface area contributed by atoms with Crippen LogP contribution in [0.25, 0.3) is 0 Å². The normalized spacial score (nSPS) is 22.1. The molecular formula is C17H25ClN2O2. The molecule has 0 saturated carbocycles. The fourth-order valence-corrected chi connectivity index (χ4v) is 3.15. The molecule has 2 atom stereocenters. The van der Waals surface area contributed by atoms with Crippen LogP contribution in [0.4, 0.5) is 0 Å². The molecule has 4 nitrogen and oxygen atoms in total. The highest BCUT2D eigenvalue weighted by atomic mass is 35.5. The van der Waals surface area contributed by atoms with Crippen LogP contribution in [0.15, 0.2) is 18.2 Å². The Labute approximate surface area is 138 Å². The fourth-order valence-electron chi connectivity index (χ4n) is 3.15. The van der Waals surface area contributed by atoms with Crippen LogP contribution in [-0.4, -0.2) is 31.7 Å². The molecule has 0 spiro atoms. The summed E-state index contributed by atoms with van der Waals surface area (Å²) in [5.74, 6) is 0.0277. The average Bonchev–Trinajstić information content (AvgIpc) is 2.55. The van der Waals surface area contributed by atoms with Gasteiger partial charge < -0.3 is 15.4 Å². The summed E-state index contributed by atoms with van der Waals surface area (Å²) in [6, 6.07) is 6.46. The number of benzene rings is 1. The monoisotopic (exact) mass is 324 g/mol. The molecule has 5 heteroatoms. The summed E-state index contributed by atoms with van der Waals surface area (Å²) < 4.78 is 5.34. The lowest BCUT2D eigenvalue weighted by atomic mass is 9.89. The predicted octanol–water partition coefficient (Wildman–Crippen LogP) is 2.15. The second-order valence-corrected chi connectivity index (χ2v) is 6.05. The summed E-state index contributed by atoms with van der Waals surface area (Å²) >= 11 is 0. The van der Waals surface area contributed by atoms with Crippen molar-refractivity contribution in [3.8, 4) is 0 Å². The van der Waals surface area contributed by atoms with Crippen LogP contribution in [0.3, 0.4) is 0 Å². The van der Waals surface area contributed by atoms with E-state index in [0.717, 1.165) is 6.54 Å². The molecule has 1 heterocycles. The van der Waals surface area contributed by atoms with E-state index < -0.39 is 0 Å². The molecule has 1 aliphatic heterocycles. The van der Waals surface area contributed by atoms with E-state index in [1.807, 2.05) is 6.92 Å². The molecule has 0 aromatic heterocycles. The zero-order valence-corrected chi connectivity index (χ0v) is 13.9. The first-order valence-electron chi connectivity index (χ1n) is 7.97. The first-order valence-corrected chi connectivity index (χ1v) is 7.97. The third-order valence-electron chi connectivity index (χ3n) is 4.47. The first-order chi connectivity index (χ1) is 10.2. The number of hydrogen-bond donors (Lipinski definition) is 2. The number of ether oxygens (including phenoxy) is 1. The minimum absolute atomic E-state index is 0. The van der Waals surface area contributed by atoms with Gasteiger partial charge in [-0.15, -0.1) is 12.4 Å². The molecule has 2 N–H and O–H groups in total. The van der Waals surface area contributed by atoms with E-state index in [9.17, 15) is 4.79 Å². The highest BCUT2D eigenvalue weighted by Crippen LogP contribution is 2.24. The lowest BCUT2D eigenvalue weighted by molar-refractivity contribution is -0.126. The Morgan fingerprint density at radius 2 is 2.09 bits per heavy atom. The highest BCUT2D eigenvalue weighted by molar-refractivity contribution is 5.85. The number of rotatable bonds is 3. The van der Waals surface area contributed by atoms with E-state index in [1.54, 1.807) is 0 Å². The van der Waals surface area contributed by atoms with Crippen molar-refractivity contribution in [2.45, 2.75) is 44.7 Å². The van der Waals surface area contributed by atoms with Crippen molar-refractivity contribution in [1.29, 1.82) is 0 Å². The maximum atomic E-state index is 12.2. The van der Waals surface area contributed by atoms with Gasteiger partial charge in [-0.05, 0) is 49.3 Å². The average molecular weight is 325 g/mol. The Hall–Kier alpha value is -1.10. The third-order valence-corrected chi connectivity index (χ3v) is 4.47. The maximum Gasteiger partial charge on any atom is 0.240 e. The van der Waals surface area contributed by atoms with Gasteiger partial charge in [-0.3, -0.25) is 4.79 Å². The molecule has 1 amide bonds. The lowest BCUT2D eigenvalue weighted by Crippen LogP contribution is -2.51. The van der Waals surface area contributed by atoms with Gasteiger partial charge in [0.1, 0.15) is 6.04 Å². The zero-order valence-electron chi connectivity index (χ0n) is 13.1. The van der Waals surface area contributed by atoms with Gasteiger partial charge in [-0.25, -0.2) is 0 Å². The van der Waals surface area contributed by atoms with Gasteiger partial charge in [0.05, 0.1) is 19.3 Å². The molecule has 1 aromatic rings. The Balaban J connectivity index is 0.00000176. The van der Waals surface area contributed by atoms with Crippen LogP contribution < -0.4 is 10.6 Å². The van der Waals surface area contributed by atoms with Crippen LogP contribution in [0.1, 0.15) is 42.5 Å². The molecule has 3 rings (SSSR count). The van der Waals surface area contributed by atoms with Crippen LogP contribution in [0.5, 0.6) is 0 Å². The highest BCUT2D eigenvalue weighted by Gasteiger charge is 2.23. The number of fused-ring (bicyclic) bond motifs is 1. The van der Waals surface area contributed by atoms with E-state index in [-0.39, 0.29) is 30.4 Å². The number of hydrogen-bond acceptors (Lipinski definition) is 3. The van der Waals surface area contributed by atoms with Crippen molar-refractivity contribution in [3.63, 3.8) is 0 Å². The third kappa shape index (κ3) is 4.00. The smallest absolute Gasteiger partial charge is 0.240 e. The molecule has 1 fully saturated rings. The van der Waals surface area contributed by atoms with Crippen molar-refractivity contribution in [2.75, 3.05) is 19.8 Å². The Bertz CT molecular complexity index is 515. The summed E-state index contributed by atoms with van der Waals surface area (Å²) in [5.41, 5.74) is 4.13. The summed E-state index contributed by atoms with van der Waals surface area (Å²) in [7, 11) is 0. The van der Waals surface area contributed by atoms with Gasteiger partial charge >= 0.3 is 0 Å². The molecule has 122 valence electrons. The molecule has 2 aliphatic rings. The van der Waals surface area contributed by atoms with E-state index in [4.69, 9.17) is 4.74 Å². The minimum atomic E-state index is -0.223. The summed E-state index contributed by atoms with van der Waals surface area (Å²) in [4.78, 5) is 12.2. The van der Waals surface area contributed by atoms with Crippen molar-refractivity contribution in [1.82, 2.24) is 10.6 Å². The molecule has 22 heavy (non-hydrogen) atoms. The molecule has 2 unspecified atom stereocenters. The van der Waals surface area contributed by atoms with Gasteiger partial charge in [0.25, 0.3) is 0 Å². The van der Waals surface area contributed by atoms with E-state index in [0.29, 0.717) is 13.2 Å². The topological polar surface area (TPSA) is 50.4 Å². The molecule has 0 radical (unpaired) electrons. The summed E-state index contributed by atoms with van der Waals surface area (Å²) in [6.07, 6.45) is 4.94. The largest absolute Gasteiger partial charge is 0.378 e. The van der Waals surface area contributed by atoms with Crippen LogP contribution >= 0.6 is 12.4 Å². The number of carbonyl (C=O) groups is 1. The molecular weight excluding hydrogens is 300 g/mol. The Morgan fingerprint density at radius 1 is 1.32 bits per heavy atom. The van der Waals surface area contributed by atoms with Gasteiger partial charge in [-0.1, -0.05) is 18.2 Å². The quantitative estimate of drug-likeness (QED) is 0.895. The van der Waals surface area contributed by atoms with Crippen molar-refractivity contribution in [3.05, 3.63) is 34.9 Å². The van der Waals surface area contributed by atoms with Crippen molar-refractivity contribution >= 4 is 18.3 Å². The van der Waals surface area contributed by atoms with Gasteiger partial charge in [0.2, 0.25) is 5.91 Å². The molecule has 1 saturated heterocycles. The van der Waals surface area contributed by atoms with E-state index in [1.165, 1.54) is 42.4 Å². The first kappa shape index (κ1) is 17.3. The van der Waals surface area contributed by atoms with Gasteiger partial charge in [-0.2, -0.15) is 0 Å². The second-order valence-electron chi connectivity index (χ2n) is 6.05. The lowest BCUT2D eigenvalue weighted by Gasteiger charge is -2.25. The van der Waals surface area contributed by atoms with Crippen LogP contribution in [0, 0.1) is 0 Å². The van der Waals surface area contributed by atoms with Crippen LogP contribution in [-0.2, 0) is 22.4 Å². The minimum Gasteiger partial charge on any atom is -0.378 e. The number of aryl methyl sites for hydroxylation is 2. The van der Waals surface area contributed by atoms with E-state index in [2.05, 4.69) is 28.8 Å². The Morgan fingerprint density at radius 3 is 2.82 bits per heavy atom. The number of halogens is 1. The van der Waals surface area contributed by atoms with Crippen molar-refractivity contribution in [2.24, 2.45) is 0 Å². The zero-order chi connectivity index (χ0) is 14.7. The van der Waals surface area contributed by atoms with E-state index >= 15 is 0 Å². The Kier molecular flexibility index (Phi) is 6.24. The molecule has 0 bridgehead atoms. The number of amides is 1. The number of carbonyl (C=O) groups excluding carboxylic acids is 1. The molecule has 1 aromatic carbocycles. The maximum absolute atomic E-state index is 12.2. The van der Waals surface area contributed by atoms with Gasteiger partial charge in [0, 0.05) is 6.54 Å². The molecule has 1 aliphatic carbocycles. The summed E-state index contributed by atoms with van der Waals surface area (Å²) in [6.45, 7) is 3.93. The number of morpholine rings is 1.